The fraction of sp³-hybridized carbons (Fsp3) is 0.562. The van der Waals surface area contributed by atoms with Crippen LogP contribution in [0.1, 0.15) is 31.4 Å². The molecule has 0 aromatic heterocycles. The van der Waals surface area contributed by atoms with Crippen LogP contribution in [0.25, 0.3) is 0 Å². The first kappa shape index (κ1) is 17.7. The monoisotopic (exact) mass is 310 g/mol. The summed E-state index contributed by atoms with van der Waals surface area (Å²) >= 11 is 1.56. The third-order valence-corrected chi connectivity index (χ3v) is 4.07. The smallest absolute Gasteiger partial charge is 0.161 e. The summed E-state index contributed by atoms with van der Waals surface area (Å²) < 4.78 is 10.6. The largest absolute Gasteiger partial charge is 0.493 e. The van der Waals surface area contributed by atoms with Gasteiger partial charge in [-0.05, 0) is 42.5 Å². The minimum atomic E-state index is 0.643. The number of methoxy groups -OCH3 is 2. The summed E-state index contributed by atoms with van der Waals surface area (Å²) in [7, 11) is 3.29. The average Bonchev–Trinajstić information content (AvgIpc) is 2.45. The molecule has 1 aromatic carbocycles. The zero-order valence-corrected chi connectivity index (χ0v) is 14.4. The Morgan fingerprint density at radius 2 is 1.86 bits per heavy atom. The van der Waals surface area contributed by atoms with Gasteiger partial charge in [-0.2, -0.15) is 0 Å². The zero-order chi connectivity index (χ0) is 15.8. The lowest BCUT2D eigenvalue weighted by Gasteiger charge is -2.12. The molecule has 0 atom stereocenters. The highest BCUT2D eigenvalue weighted by Crippen LogP contribution is 2.31. The van der Waals surface area contributed by atoms with Gasteiger partial charge in [-0.1, -0.05) is 25.6 Å². The van der Waals surface area contributed by atoms with Gasteiger partial charge < -0.3 is 15.2 Å². The maximum absolute atomic E-state index is 5.94. The molecule has 1 rings (SSSR count). The number of amidine groups is 1. The lowest BCUT2D eigenvalue weighted by molar-refractivity contribution is 0.354. The van der Waals surface area contributed by atoms with Crippen LogP contribution in [0.3, 0.4) is 0 Å². The van der Waals surface area contributed by atoms with E-state index in [1.807, 2.05) is 12.1 Å². The fourth-order valence-corrected chi connectivity index (χ4v) is 2.61. The summed E-state index contributed by atoms with van der Waals surface area (Å²) in [6.45, 7) is 7.23. The molecule has 0 aliphatic carbocycles. The molecular weight excluding hydrogens is 284 g/mol. The molecule has 0 aliphatic heterocycles. The van der Waals surface area contributed by atoms with Gasteiger partial charge in [-0.15, -0.1) is 0 Å². The highest BCUT2D eigenvalue weighted by Gasteiger charge is 2.09. The Balaban J connectivity index is 2.66. The molecule has 0 unspecified atom stereocenters. The third kappa shape index (κ3) is 5.87. The number of aliphatic imine (C=N–C) groups is 1. The van der Waals surface area contributed by atoms with Gasteiger partial charge in [0.15, 0.2) is 16.7 Å². The molecule has 0 spiro atoms. The van der Waals surface area contributed by atoms with Crippen molar-refractivity contribution in [3.05, 3.63) is 23.3 Å². The number of rotatable bonds is 7. The minimum Gasteiger partial charge on any atom is -0.493 e. The molecule has 5 heteroatoms. The summed E-state index contributed by atoms with van der Waals surface area (Å²) in [6, 6.07) is 3.99. The minimum absolute atomic E-state index is 0.643. The Morgan fingerprint density at radius 3 is 2.43 bits per heavy atom. The van der Waals surface area contributed by atoms with Crippen LogP contribution in [0, 0.1) is 12.8 Å². The van der Waals surface area contributed by atoms with Gasteiger partial charge in [-0.25, -0.2) is 0 Å². The first-order valence-electron chi connectivity index (χ1n) is 7.12. The lowest BCUT2D eigenvalue weighted by Crippen LogP contribution is -2.08. The summed E-state index contributed by atoms with van der Waals surface area (Å²) in [4.78, 5) is 4.39. The van der Waals surface area contributed by atoms with Gasteiger partial charge in [0.2, 0.25) is 0 Å². The van der Waals surface area contributed by atoms with Crippen molar-refractivity contribution in [2.24, 2.45) is 16.6 Å². The standard InChI is InChI=1S/C16H26N2O2S/c1-11(2)6-7-18-16(17)21-10-13-9-15(20-5)14(19-4)8-12(13)3/h8-9,11H,6-7,10H2,1-5H3,(H2,17,18). The van der Waals surface area contributed by atoms with Crippen LogP contribution in [-0.4, -0.2) is 25.9 Å². The molecule has 21 heavy (non-hydrogen) atoms. The van der Waals surface area contributed by atoms with Crippen LogP contribution in [0.2, 0.25) is 0 Å². The Bertz CT molecular complexity index is 487. The van der Waals surface area contributed by atoms with E-state index in [1.165, 1.54) is 5.56 Å². The van der Waals surface area contributed by atoms with Crippen molar-refractivity contribution in [2.75, 3.05) is 20.8 Å². The first-order chi connectivity index (χ1) is 9.97. The number of hydrogen-bond acceptors (Lipinski definition) is 4. The van der Waals surface area contributed by atoms with E-state index in [9.17, 15) is 0 Å². The number of ether oxygens (including phenoxy) is 2. The van der Waals surface area contributed by atoms with Gasteiger partial charge in [0.25, 0.3) is 0 Å². The second kappa shape index (κ2) is 8.82. The Kier molecular flexibility index (Phi) is 7.43. The van der Waals surface area contributed by atoms with E-state index in [-0.39, 0.29) is 0 Å². The van der Waals surface area contributed by atoms with Crippen LogP contribution in [0.4, 0.5) is 0 Å². The van der Waals surface area contributed by atoms with Crippen molar-refractivity contribution in [2.45, 2.75) is 32.9 Å². The van der Waals surface area contributed by atoms with Crippen molar-refractivity contribution in [1.82, 2.24) is 0 Å². The van der Waals surface area contributed by atoms with Crippen molar-refractivity contribution in [3.63, 3.8) is 0 Å². The first-order valence-corrected chi connectivity index (χ1v) is 8.10. The van der Waals surface area contributed by atoms with Crippen molar-refractivity contribution >= 4 is 16.9 Å². The predicted octanol–water partition coefficient (Wildman–Crippen LogP) is 3.61. The third-order valence-electron chi connectivity index (χ3n) is 3.19. The van der Waals surface area contributed by atoms with E-state index >= 15 is 0 Å². The quantitative estimate of drug-likeness (QED) is 0.617. The molecule has 0 bridgehead atoms. The second-order valence-electron chi connectivity index (χ2n) is 5.32. The van der Waals surface area contributed by atoms with Crippen LogP contribution in [-0.2, 0) is 5.75 Å². The molecule has 0 amide bonds. The number of aryl methyl sites for hydroxylation is 1. The van der Waals surface area contributed by atoms with E-state index in [0.29, 0.717) is 11.1 Å². The van der Waals surface area contributed by atoms with E-state index in [0.717, 1.165) is 35.8 Å². The topological polar surface area (TPSA) is 56.8 Å². The Labute approximate surface area is 132 Å². The van der Waals surface area contributed by atoms with Crippen molar-refractivity contribution < 1.29 is 9.47 Å². The maximum Gasteiger partial charge on any atom is 0.161 e. The summed E-state index contributed by atoms with van der Waals surface area (Å²) in [5.74, 6) is 2.93. The second-order valence-corrected chi connectivity index (χ2v) is 6.32. The average molecular weight is 310 g/mol. The molecule has 4 nitrogen and oxygen atoms in total. The van der Waals surface area contributed by atoms with Gasteiger partial charge in [0, 0.05) is 12.3 Å². The highest BCUT2D eigenvalue weighted by atomic mass is 32.2. The van der Waals surface area contributed by atoms with Crippen LogP contribution in [0.5, 0.6) is 11.5 Å². The molecule has 0 fully saturated rings. The van der Waals surface area contributed by atoms with Crippen molar-refractivity contribution in [1.29, 1.82) is 0 Å². The van der Waals surface area contributed by atoms with Gasteiger partial charge in [-0.3, -0.25) is 4.99 Å². The maximum atomic E-state index is 5.94. The molecule has 0 saturated heterocycles. The SMILES string of the molecule is COc1cc(C)c(CSC(N)=NCCC(C)C)cc1OC. The van der Waals surface area contributed by atoms with E-state index in [1.54, 1.807) is 26.0 Å². The summed E-state index contributed by atoms with van der Waals surface area (Å²) in [5.41, 5.74) is 8.28. The fourth-order valence-electron chi connectivity index (χ4n) is 1.81. The number of hydrogen-bond donors (Lipinski definition) is 1. The molecule has 0 radical (unpaired) electrons. The van der Waals surface area contributed by atoms with Crippen LogP contribution < -0.4 is 15.2 Å². The Morgan fingerprint density at radius 1 is 1.24 bits per heavy atom. The number of benzene rings is 1. The highest BCUT2D eigenvalue weighted by molar-refractivity contribution is 8.13. The van der Waals surface area contributed by atoms with E-state index in [4.69, 9.17) is 15.2 Å². The number of thioether (sulfide) groups is 1. The number of nitrogens with two attached hydrogens (primary N) is 1. The molecule has 118 valence electrons. The van der Waals surface area contributed by atoms with Gasteiger partial charge in [0.05, 0.1) is 14.2 Å². The Hall–Kier alpha value is -1.36. The van der Waals surface area contributed by atoms with Gasteiger partial charge in [0.1, 0.15) is 0 Å². The normalized spacial score (nSPS) is 11.8. The lowest BCUT2D eigenvalue weighted by atomic mass is 10.1. The number of nitrogens with zero attached hydrogens (tertiary/aromatic N) is 1. The van der Waals surface area contributed by atoms with Crippen LogP contribution >= 0.6 is 11.8 Å². The molecule has 1 aromatic rings. The van der Waals surface area contributed by atoms with Crippen LogP contribution in [0.15, 0.2) is 17.1 Å². The zero-order valence-electron chi connectivity index (χ0n) is 13.6. The van der Waals surface area contributed by atoms with E-state index in [2.05, 4.69) is 25.8 Å². The summed E-state index contributed by atoms with van der Waals surface area (Å²) in [6.07, 6.45) is 1.07. The molecule has 0 heterocycles. The molecule has 0 aliphatic rings. The molecular formula is C16H26N2O2S. The van der Waals surface area contributed by atoms with E-state index < -0.39 is 0 Å². The molecule has 0 saturated carbocycles. The summed E-state index contributed by atoms with van der Waals surface area (Å²) in [5, 5.41) is 0.643. The van der Waals surface area contributed by atoms with Crippen molar-refractivity contribution in [3.8, 4) is 11.5 Å². The van der Waals surface area contributed by atoms with Gasteiger partial charge >= 0.3 is 0 Å². The predicted molar refractivity (Wildman–Crippen MR) is 91.5 cm³/mol. The molecule has 2 N–H and O–H groups in total.